The fourth-order valence-corrected chi connectivity index (χ4v) is 3.55. The minimum atomic E-state index is -4.88. The number of carbonyl (C=O) groups is 2. The van der Waals surface area contributed by atoms with Crippen LogP contribution in [0.15, 0.2) is 40.7 Å². The van der Waals surface area contributed by atoms with Gasteiger partial charge in [-0.25, -0.2) is 9.18 Å². The van der Waals surface area contributed by atoms with Gasteiger partial charge in [-0.15, -0.1) is 0 Å². The van der Waals surface area contributed by atoms with Crippen molar-refractivity contribution in [1.29, 1.82) is 0 Å². The Hall–Kier alpha value is -2.64. The monoisotopic (exact) mass is 353 g/mol. The molecule has 0 aromatic heterocycles. The largest absolute Gasteiger partial charge is 0.456 e. The molecular weight excluding hydrogens is 342 g/mol. The van der Waals surface area contributed by atoms with Crippen LogP contribution >= 0.6 is 0 Å². The molecule has 2 aliphatic heterocycles. The molecule has 25 heavy (non-hydrogen) atoms. The molecule has 3 aliphatic rings. The van der Waals surface area contributed by atoms with E-state index in [1.807, 2.05) is 0 Å². The van der Waals surface area contributed by atoms with Crippen molar-refractivity contribution in [2.24, 2.45) is 0 Å². The van der Waals surface area contributed by atoms with Gasteiger partial charge in [0.15, 0.2) is 5.78 Å². The van der Waals surface area contributed by atoms with Gasteiger partial charge in [-0.3, -0.25) is 4.79 Å². The molecule has 0 radical (unpaired) electrons. The first kappa shape index (κ1) is 15.9. The van der Waals surface area contributed by atoms with Gasteiger partial charge in [-0.2, -0.15) is 13.2 Å². The van der Waals surface area contributed by atoms with Crippen LogP contribution in [0.1, 0.15) is 29.9 Å². The number of alkyl halides is 3. The van der Waals surface area contributed by atoms with Gasteiger partial charge in [0.1, 0.15) is 12.4 Å². The zero-order valence-electron chi connectivity index (χ0n) is 12.7. The highest BCUT2D eigenvalue weighted by Crippen LogP contribution is 2.46. The number of ether oxygens (including phenoxy) is 1. The first-order chi connectivity index (χ1) is 11.8. The van der Waals surface area contributed by atoms with E-state index in [2.05, 4.69) is 5.32 Å². The first-order valence-corrected chi connectivity index (χ1v) is 7.57. The smallest absolute Gasteiger partial charge is 0.419 e. The average molecular weight is 353 g/mol. The van der Waals surface area contributed by atoms with Crippen LogP contribution in [0.4, 0.5) is 17.6 Å². The Labute approximate surface area is 139 Å². The number of nitrogens with one attached hydrogen (secondary N) is 1. The molecule has 0 fully saturated rings. The molecule has 0 bridgehead atoms. The number of halogens is 4. The maximum Gasteiger partial charge on any atom is 0.419 e. The molecule has 130 valence electrons. The molecule has 1 aromatic rings. The van der Waals surface area contributed by atoms with Gasteiger partial charge in [0.05, 0.1) is 16.8 Å². The molecule has 4 rings (SSSR count). The second kappa shape index (κ2) is 5.18. The van der Waals surface area contributed by atoms with Gasteiger partial charge in [0.2, 0.25) is 0 Å². The minimum absolute atomic E-state index is 0.0248. The zero-order chi connectivity index (χ0) is 17.9. The Morgan fingerprint density at radius 2 is 1.84 bits per heavy atom. The fourth-order valence-electron chi connectivity index (χ4n) is 3.55. The predicted molar refractivity (Wildman–Crippen MR) is 76.5 cm³/mol. The number of ketones is 1. The quantitative estimate of drug-likeness (QED) is 0.623. The van der Waals surface area contributed by atoms with Gasteiger partial charge in [-0.05, 0) is 24.1 Å². The molecule has 1 unspecified atom stereocenters. The minimum Gasteiger partial charge on any atom is -0.456 e. The Bertz CT molecular complexity index is 842. The molecule has 0 amide bonds. The number of esters is 1. The molecule has 0 saturated carbocycles. The number of rotatable bonds is 1. The average Bonchev–Trinajstić information content (AvgIpc) is 3.09. The van der Waals surface area contributed by atoms with Crippen LogP contribution in [0.3, 0.4) is 0 Å². The number of carbonyl (C=O) groups excluding carboxylic acids is 2. The molecular formula is C17H11F4NO3. The number of Topliss-reactive ketones (excluding diaryl/α,β-unsaturated/α-hetero) is 1. The van der Waals surface area contributed by atoms with Gasteiger partial charge in [0, 0.05) is 23.6 Å². The van der Waals surface area contributed by atoms with Crippen molar-refractivity contribution in [3.8, 4) is 0 Å². The van der Waals surface area contributed by atoms with Crippen molar-refractivity contribution < 1.29 is 31.9 Å². The SMILES string of the molecule is O=C1CCC2=C1C(c1ccc(F)c(C(F)(F)F)c1)C1=C(COC1=O)N2. The van der Waals surface area contributed by atoms with E-state index < -0.39 is 29.4 Å². The van der Waals surface area contributed by atoms with E-state index in [4.69, 9.17) is 4.74 Å². The second-order valence-electron chi connectivity index (χ2n) is 6.08. The van der Waals surface area contributed by atoms with Gasteiger partial charge < -0.3 is 10.1 Å². The van der Waals surface area contributed by atoms with Crippen LogP contribution in [0.2, 0.25) is 0 Å². The number of hydrogen-bond acceptors (Lipinski definition) is 4. The summed E-state index contributed by atoms with van der Waals surface area (Å²) in [6.07, 6.45) is -4.24. The summed E-state index contributed by atoms with van der Waals surface area (Å²) < 4.78 is 57.7. The molecule has 2 heterocycles. The third kappa shape index (κ3) is 2.35. The van der Waals surface area contributed by atoms with E-state index >= 15 is 0 Å². The predicted octanol–water partition coefficient (Wildman–Crippen LogP) is 2.96. The highest BCUT2D eigenvalue weighted by atomic mass is 19.4. The van der Waals surface area contributed by atoms with Crippen molar-refractivity contribution in [2.75, 3.05) is 6.61 Å². The number of allylic oxidation sites excluding steroid dienone is 2. The summed E-state index contributed by atoms with van der Waals surface area (Å²) in [7, 11) is 0. The Morgan fingerprint density at radius 3 is 2.56 bits per heavy atom. The van der Waals surface area contributed by atoms with Crippen LogP contribution in [0.25, 0.3) is 0 Å². The van der Waals surface area contributed by atoms with Crippen molar-refractivity contribution in [3.63, 3.8) is 0 Å². The third-order valence-electron chi connectivity index (χ3n) is 4.63. The standard InChI is InChI=1S/C17H11F4NO3/c18-9-2-1-7(5-8(9)17(19,20)21)13-14-10(3-4-12(14)23)22-11-6-25-16(24)15(11)13/h1-2,5,13,22H,3-4,6H2. The van der Waals surface area contributed by atoms with Crippen molar-refractivity contribution in [1.82, 2.24) is 5.32 Å². The third-order valence-corrected chi connectivity index (χ3v) is 4.63. The summed E-state index contributed by atoms with van der Waals surface area (Å²) >= 11 is 0. The maximum atomic E-state index is 13.6. The molecule has 8 heteroatoms. The highest BCUT2D eigenvalue weighted by Gasteiger charge is 2.44. The summed E-state index contributed by atoms with van der Waals surface area (Å²) in [5, 5.41) is 2.99. The first-order valence-electron chi connectivity index (χ1n) is 7.57. The number of dihydropyridines is 1. The van der Waals surface area contributed by atoms with Crippen LogP contribution < -0.4 is 5.32 Å². The van der Waals surface area contributed by atoms with Crippen LogP contribution in [0.5, 0.6) is 0 Å². The van der Waals surface area contributed by atoms with Gasteiger partial charge in [0.25, 0.3) is 0 Å². The second-order valence-corrected chi connectivity index (χ2v) is 6.08. The molecule has 1 N–H and O–H groups in total. The van der Waals surface area contributed by atoms with Crippen molar-refractivity contribution in [3.05, 3.63) is 57.7 Å². The van der Waals surface area contributed by atoms with Crippen LogP contribution in [-0.2, 0) is 20.5 Å². The van der Waals surface area contributed by atoms with Crippen LogP contribution in [-0.4, -0.2) is 18.4 Å². The Balaban J connectivity index is 1.90. The lowest BCUT2D eigenvalue weighted by atomic mass is 9.80. The lowest BCUT2D eigenvalue weighted by Gasteiger charge is -2.26. The molecule has 1 aliphatic carbocycles. The molecule has 0 spiro atoms. The number of hydrogen-bond donors (Lipinski definition) is 1. The zero-order valence-corrected chi connectivity index (χ0v) is 12.7. The fraction of sp³-hybridized carbons (Fsp3) is 0.294. The highest BCUT2D eigenvalue weighted by molar-refractivity contribution is 6.05. The van der Waals surface area contributed by atoms with E-state index in [9.17, 15) is 27.2 Å². The number of cyclic esters (lactones) is 1. The topological polar surface area (TPSA) is 55.4 Å². The normalized spacial score (nSPS) is 22.8. The van der Waals surface area contributed by atoms with Gasteiger partial charge >= 0.3 is 12.1 Å². The van der Waals surface area contributed by atoms with E-state index in [1.165, 1.54) is 6.07 Å². The molecule has 1 atom stereocenters. The van der Waals surface area contributed by atoms with E-state index in [1.54, 1.807) is 0 Å². The summed E-state index contributed by atoms with van der Waals surface area (Å²) in [5.41, 5.74) is 0.0336. The molecule has 0 saturated heterocycles. The Kier molecular flexibility index (Phi) is 3.28. The Morgan fingerprint density at radius 1 is 1.08 bits per heavy atom. The molecule has 4 nitrogen and oxygen atoms in total. The van der Waals surface area contributed by atoms with Crippen molar-refractivity contribution >= 4 is 11.8 Å². The maximum absolute atomic E-state index is 13.6. The van der Waals surface area contributed by atoms with Gasteiger partial charge in [-0.1, -0.05) is 6.07 Å². The van der Waals surface area contributed by atoms with E-state index in [-0.39, 0.29) is 35.5 Å². The van der Waals surface area contributed by atoms with E-state index in [0.717, 1.165) is 0 Å². The lowest BCUT2D eigenvalue weighted by molar-refractivity contribution is -0.140. The number of benzene rings is 1. The van der Waals surface area contributed by atoms with Crippen molar-refractivity contribution in [2.45, 2.75) is 24.9 Å². The lowest BCUT2D eigenvalue weighted by Crippen LogP contribution is -2.27. The summed E-state index contributed by atoms with van der Waals surface area (Å²) in [5.74, 6) is -3.30. The summed E-state index contributed by atoms with van der Waals surface area (Å²) in [4.78, 5) is 24.4. The molecule has 1 aromatic carbocycles. The summed E-state index contributed by atoms with van der Waals surface area (Å²) in [6.45, 7) is -0.0248. The summed E-state index contributed by atoms with van der Waals surface area (Å²) in [6, 6.07) is 2.55. The van der Waals surface area contributed by atoms with Crippen LogP contribution in [0, 0.1) is 5.82 Å². The van der Waals surface area contributed by atoms with E-state index in [0.29, 0.717) is 29.9 Å².